The summed E-state index contributed by atoms with van der Waals surface area (Å²) in [7, 11) is 0. The van der Waals surface area contributed by atoms with Crippen molar-refractivity contribution in [1.82, 2.24) is 0 Å². The lowest BCUT2D eigenvalue weighted by Crippen LogP contribution is -2.15. The van der Waals surface area contributed by atoms with E-state index in [1.165, 1.54) is 18.2 Å². The highest BCUT2D eigenvalue weighted by Gasteiger charge is 2.15. The molecule has 1 amide bonds. The minimum Gasteiger partial charge on any atom is -0.478 e. The second-order valence-corrected chi connectivity index (χ2v) is 4.92. The highest BCUT2D eigenvalue weighted by molar-refractivity contribution is 6.34. The molecule has 2 N–H and O–H groups in total. The Morgan fingerprint density at radius 2 is 2.21 bits per heavy atom. The van der Waals surface area contributed by atoms with Gasteiger partial charge in [-0.15, -0.1) is 0 Å². The van der Waals surface area contributed by atoms with E-state index in [2.05, 4.69) is 17.5 Å². The van der Waals surface area contributed by atoms with Crippen LogP contribution < -0.4 is 5.32 Å². The smallest absolute Gasteiger partial charge is 0.335 e. The van der Waals surface area contributed by atoms with Crippen LogP contribution in [-0.2, 0) is 4.79 Å². The van der Waals surface area contributed by atoms with Crippen molar-refractivity contribution in [3.05, 3.63) is 40.9 Å². The number of nitrogens with one attached hydrogen (secondary N) is 1. The predicted molar refractivity (Wildman–Crippen MR) is 73.5 cm³/mol. The number of carboxylic acid groups (broad SMARTS) is 1. The fraction of sp³-hybridized carbons (Fsp3) is 0.286. The quantitative estimate of drug-likeness (QED) is 0.831. The maximum Gasteiger partial charge on any atom is 0.335 e. The molecule has 1 aromatic rings. The van der Waals surface area contributed by atoms with Gasteiger partial charge in [0.15, 0.2) is 0 Å². The number of carbonyl (C=O) groups is 2. The van der Waals surface area contributed by atoms with E-state index in [0.717, 1.165) is 12.8 Å². The first-order chi connectivity index (χ1) is 9.06. The number of aromatic carboxylic acids is 1. The van der Waals surface area contributed by atoms with Crippen LogP contribution in [0.4, 0.5) is 5.69 Å². The van der Waals surface area contributed by atoms with E-state index in [1.807, 2.05) is 0 Å². The second kappa shape index (κ2) is 5.89. The van der Waals surface area contributed by atoms with Crippen molar-refractivity contribution in [2.24, 2.45) is 5.92 Å². The molecule has 19 heavy (non-hydrogen) atoms. The zero-order valence-corrected chi connectivity index (χ0v) is 11.0. The Balaban J connectivity index is 2.00. The van der Waals surface area contributed by atoms with Crippen molar-refractivity contribution in [2.45, 2.75) is 19.3 Å². The fourth-order valence-electron chi connectivity index (χ4n) is 2.05. The van der Waals surface area contributed by atoms with Gasteiger partial charge in [-0.3, -0.25) is 4.79 Å². The molecule has 0 heterocycles. The fourth-order valence-corrected chi connectivity index (χ4v) is 2.28. The van der Waals surface area contributed by atoms with Gasteiger partial charge in [-0.05, 0) is 37.0 Å². The van der Waals surface area contributed by atoms with Gasteiger partial charge in [0, 0.05) is 6.42 Å². The Morgan fingerprint density at radius 1 is 1.42 bits per heavy atom. The van der Waals surface area contributed by atoms with Crippen LogP contribution in [0.2, 0.25) is 5.02 Å². The Hall–Kier alpha value is -1.81. The average molecular weight is 280 g/mol. The largest absolute Gasteiger partial charge is 0.478 e. The summed E-state index contributed by atoms with van der Waals surface area (Å²) in [6.45, 7) is 0. The molecule has 0 aromatic heterocycles. The molecule has 1 atom stereocenters. The SMILES string of the molecule is O=C(CC1C=CCC1)Nc1ccc(C(=O)O)cc1Cl. The molecule has 0 saturated heterocycles. The number of anilines is 1. The molecular formula is C14H14ClNO3. The molecule has 0 bridgehead atoms. The van der Waals surface area contributed by atoms with Gasteiger partial charge >= 0.3 is 5.97 Å². The normalized spacial score (nSPS) is 17.4. The predicted octanol–water partition coefficient (Wildman–Crippen LogP) is 3.33. The molecule has 0 fully saturated rings. The minimum absolute atomic E-state index is 0.0988. The molecule has 0 radical (unpaired) electrons. The molecule has 1 aliphatic rings. The zero-order chi connectivity index (χ0) is 13.8. The third-order valence-corrected chi connectivity index (χ3v) is 3.36. The third kappa shape index (κ3) is 3.58. The molecule has 4 nitrogen and oxygen atoms in total. The van der Waals surface area contributed by atoms with E-state index in [9.17, 15) is 9.59 Å². The number of hydrogen-bond donors (Lipinski definition) is 2. The van der Waals surface area contributed by atoms with Crippen LogP contribution >= 0.6 is 11.6 Å². The van der Waals surface area contributed by atoms with Gasteiger partial charge in [0.05, 0.1) is 16.3 Å². The zero-order valence-electron chi connectivity index (χ0n) is 10.2. The number of halogens is 1. The van der Waals surface area contributed by atoms with Crippen molar-refractivity contribution < 1.29 is 14.7 Å². The van der Waals surface area contributed by atoms with E-state index in [-0.39, 0.29) is 22.4 Å². The summed E-state index contributed by atoms with van der Waals surface area (Å²) in [5, 5.41) is 11.8. The van der Waals surface area contributed by atoms with Gasteiger partial charge in [-0.25, -0.2) is 4.79 Å². The number of carboxylic acids is 1. The van der Waals surface area contributed by atoms with Crippen LogP contribution in [-0.4, -0.2) is 17.0 Å². The number of rotatable bonds is 4. The molecule has 100 valence electrons. The van der Waals surface area contributed by atoms with Crippen molar-refractivity contribution in [3.63, 3.8) is 0 Å². The molecule has 0 spiro atoms. The highest BCUT2D eigenvalue weighted by Crippen LogP contribution is 2.25. The summed E-state index contributed by atoms with van der Waals surface area (Å²) in [5.41, 5.74) is 0.542. The number of hydrogen-bond acceptors (Lipinski definition) is 2. The van der Waals surface area contributed by atoms with Gasteiger partial charge in [0.2, 0.25) is 5.91 Å². The van der Waals surface area contributed by atoms with Crippen LogP contribution in [0.25, 0.3) is 0 Å². The highest BCUT2D eigenvalue weighted by atomic mass is 35.5. The monoisotopic (exact) mass is 279 g/mol. The topological polar surface area (TPSA) is 66.4 Å². The molecule has 0 aliphatic heterocycles. The first-order valence-electron chi connectivity index (χ1n) is 6.05. The number of amides is 1. The van der Waals surface area contributed by atoms with Gasteiger partial charge in [0.1, 0.15) is 0 Å². The number of carbonyl (C=O) groups excluding carboxylic acids is 1. The van der Waals surface area contributed by atoms with E-state index in [1.54, 1.807) is 0 Å². The Bertz CT molecular complexity index is 539. The molecule has 0 saturated carbocycles. The number of allylic oxidation sites excluding steroid dienone is 2. The lowest BCUT2D eigenvalue weighted by atomic mass is 10.0. The summed E-state index contributed by atoms with van der Waals surface area (Å²) >= 11 is 5.94. The lowest BCUT2D eigenvalue weighted by Gasteiger charge is -2.10. The summed E-state index contributed by atoms with van der Waals surface area (Å²) in [6.07, 6.45) is 6.57. The van der Waals surface area contributed by atoms with E-state index < -0.39 is 5.97 Å². The third-order valence-electron chi connectivity index (χ3n) is 3.05. The van der Waals surface area contributed by atoms with Gasteiger partial charge in [0.25, 0.3) is 0 Å². The number of benzene rings is 1. The molecule has 1 unspecified atom stereocenters. The van der Waals surface area contributed by atoms with Crippen molar-refractivity contribution in [1.29, 1.82) is 0 Å². The van der Waals surface area contributed by atoms with Crippen molar-refractivity contribution in [2.75, 3.05) is 5.32 Å². The van der Waals surface area contributed by atoms with Crippen molar-refractivity contribution >= 4 is 29.2 Å². The van der Waals surface area contributed by atoms with Crippen LogP contribution in [0.5, 0.6) is 0 Å². The van der Waals surface area contributed by atoms with Gasteiger partial charge < -0.3 is 10.4 Å². The summed E-state index contributed by atoms with van der Waals surface area (Å²) in [4.78, 5) is 22.6. The van der Waals surface area contributed by atoms with Crippen LogP contribution in [0.1, 0.15) is 29.6 Å². The molecular weight excluding hydrogens is 266 g/mol. The van der Waals surface area contributed by atoms with E-state index in [0.29, 0.717) is 12.1 Å². The molecule has 1 aromatic carbocycles. The van der Waals surface area contributed by atoms with Crippen LogP contribution in [0.15, 0.2) is 30.4 Å². The molecule has 1 aliphatic carbocycles. The minimum atomic E-state index is -1.05. The summed E-state index contributed by atoms with van der Waals surface area (Å²) in [5.74, 6) is -0.866. The maximum absolute atomic E-state index is 11.8. The van der Waals surface area contributed by atoms with Crippen molar-refractivity contribution in [3.8, 4) is 0 Å². The first kappa shape index (κ1) is 13.6. The van der Waals surface area contributed by atoms with Crippen LogP contribution in [0.3, 0.4) is 0 Å². The van der Waals surface area contributed by atoms with Gasteiger partial charge in [-0.2, -0.15) is 0 Å². The second-order valence-electron chi connectivity index (χ2n) is 4.52. The Labute approximate surface area is 116 Å². The molecule has 2 rings (SSSR count). The molecule has 5 heteroatoms. The van der Waals surface area contributed by atoms with E-state index in [4.69, 9.17) is 16.7 Å². The Morgan fingerprint density at radius 3 is 2.79 bits per heavy atom. The first-order valence-corrected chi connectivity index (χ1v) is 6.43. The van der Waals surface area contributed by atoms with Gasteiger partial charge in [-0.1, -0.05) is 23.8 Å². The summed E-state index contributed by atoms with van der Waals surface area (Å²) in [6, 6.07) is 4.25. The summed E-state index contributed by atoms with van der Waals surface area (Å²) < 4.78 is 0. The van der Waals surface area contributed by atoms with E-state index >= 15 is 0 Å². The van der Waals surface area contributed by atoms with Crippen LogP contribution in [0, 0.1) is 5.92 Å². The standard InChI is InChI=1S/C14H14ClNO3/c15-11-8-10(14(18)19)5-6-12(11)16-13(17)7-9-3-1-2-4-9/h1,3,5-6,8-9H,2,4,7H2,(H,16,17)(H,18,19). The average Bonchev–Trinajstić information content (AvgIpc) is 2.84. The Kier molecular flexibility index (Phi) is 4.22. The lowest BCUT2D eigenvalue weighted by molar-refractivity contribution is -0.116. The maximum atomic E-state index is 11.8.